The van der Waals surface area contributed by atoms with Crippen LogP contribution in [0.5, 0.6) is 0 Å². The summed E-state index contributed by atoms with van der Waals surface area (Å²) in [6.45, 7) is 0. The van der Waals surface area contributed by atoms with Crippen LogP contribution in [-0.2, 0) is 0 Å². The van der Waals surface area contributed by atoms with Crippen molar-refractivity contribution >= 4 is 5.69 Å². The molecule has 3 aliphatic rings. The number of aliphatic hydroxyl groups is 1. The van der Waals surface area contributed by atoms with Gasteiger partial charge >= 0.3 is 0 Å². The lowest BCUT2D eigenvalue weighted by molar-refractivity contribution is -0.385. The van der Waals surface area contributed by atoms with E-state index in [1.54, 1.807) is 6.07 Å². The molecule has 3 atom stereocenters. The zero-order valence-corrected chi connectivity index (χ0v) is 10.7. The number of nitrogens with zero attached hydrogens (tertiary/aromatic N) is 1. The average Bonchev–Trinajstić information content (AvgIpc) is 2.47. The third-order valence-corrected chi connectivity index (χ3v) is 4.56. The first-order valence-electron chi connectivity index (χ1n) is 6.72. The highest BCUT2D eigenvalue weighted by Crippen LogP contribution is 2.53. The van der Waals surface area contributed by atoms with Gasteiger partial charge in [0.2, 0.25) is 0 Å². The molecule has 5 rings (SSSR count). The Balaban J connectivity index is 1.97. The molecule has 0 saturated heterocycles. The van der Waals surface area contributed by atoms with Gasteiger partial charge in [-0.05, 0) is 28.7 Å². The molecule has 1 N–H and O–H groups in total. The first-order chi connectivity index (χ1) is 9.66. The van der Waals surface area contributed by atoms with Gasteiger partial charge in [0, 0.05) is 24.0 Å². The first-order valence-corrected chi connectivity index (χ1v) is 6.72. The van der Waals surface area contributed by atoms with E-state index in [4.69, 9.17) is 0 Å². The Morgan fingerprint density at radius 2 is 1.75 bits per heavy atom. The zero-order chi connectivity index (χ0) is 13.9. The van der Waals surface area contributed by atoms with Gasteiger partial charge in [0.1, 0.15) is 0 Å². The molecule has 0 fully saturated rings. The molecule has 0 spiro atoms. The van der Waals surface area contributed by atoms with Gasteiger partial charge in [-0.1, -0.05) is 30.3 Å². The molecule has 2 aromatic carbocycles. The van der Waals surface area contributed by atoms with Crippen molar-refractivity contribution in [1.29, 1.82) is 0 Å². The highest BCUT2D eigenvalue weighted by atomic mass is 16.6. The van der Waals surface area contributed by atoms with Crippen LogP contribution in [0.4, 0.5) is 5.69 Å². The number of hydrogen-bond donors (Lipinski definition) is 1. The van der Waals surface area contributed by atoms with Crippen molar-refractivity contribution in [2.75, 3.05) is 0 Å². The van der Waals surface area contributed by atoms with Crippen molar-refractivity contribution in [3.8, 4) is 0 Å². The highest BCUT2D eigenvalue weighted by Gasteiger charge is 2.43. The number of nitro groups is 1. The number of non-ortho nitro benzene ring substituents is 1. The standard InChI is InChI=1S/C16H13NO3/c18-15-8-14-10-3-1-2-4-11(10)16(15)12-6-5-9(17(19)20)7-13(12)14/h1-7,14-16,18H,8H2/t14-,15-,16+/m0/s1. The summed E-state index contributed by atoms with van der Waals surface area (Å²) in [5, 5.41) is 21.3. The molecule has 3 aliphatic carbocycles. The van der Waals surface area contributed by atoms with Gasteiger partial charge in [0.15, 0.2) is 0 Å². The Morgan fingerprint density at radius 1 is 1.05 bits per heavy atom. The minimum Gasteiger partial charge on any atom is -0.392 e. The minimum absolute atomic E-state index is 0.0491. The molecule has 2 bridgehead atoms. The van der Waals surface area contributed by atoms with Crippen molar-refractivity contribution in [3.63, 3.8) is 0 Å². The topological polar surface area (TPSA) is 63.4 Å². The van der Waals surface area contributed by atoms with Crippen molar-refractivity contribution in [2.45, 2.75) is 24.4 Å². The second kappa shape index (κ2) is 3.90. The Labute approximate surface area is 115 Å². The summed E-state index contributed by atoms with van der Waals surface area (Å²) in [5.74, 6) is 0.0214. The number of hydrogen-bond acceptors (Lipinski definition) is 3. The molecule has 20 heavy (non-hydrogen) atoms. The fourth-order valence-electron chi connectivity index (χ4n) is 3.75. The van der Waals surface area contributed by atoms with E-state index in [1.165, 1.54) is 11.6 Å². The Morgan fingerprint density at radius 3 is 2.50 bits per heavy atom. The quantitative estimate of drug-likeness (QED) is 0.638. The van der Waals surface area contributed by atoms with Crippen LogP contribution in [0.15, 0.2) is 42.5 Å². The number of benzene rings is 2. The smallest absolute Gasteiger partial charge is 0.269 e. The molecule has 4 heteroatoms. The van der Waals surface area contributed by atoms with Crippen LogP contribution < -0.4 is 0 Å². The minimum atomic E-state index is -0.399. The predicted octanol–water partition coefficient (Wildman–Crippen LogP) is 2.94. The van der Waals surface area contributed by atoms with Gasteiger partial charge in [-0.3, -0.25) is 10.1 Å². The van der Waals surface area contributed by atoms with Crippen molar-refractivity contribution in [1.82, 2.24) is 0 Å². The van der Waals surface area contributed by atoms with Crippen LogP contribution in [-0.4, -0.2) is 16.1 Å². The first kappa shape index (κ1) is 11.6. The summed E-state index contributed by atoms with van der Waals surface area (Å²) in [6, 6.07) is 13.1. The van der Waals surface area contributed by atoms with Crippen LogP contribution in [0.2, 0.25) is 0 Å². The van der Waals surface area contributed by atoms with Crippen LogP contribution in [0.1, 0.15) is 40.5 Å². The summed E-state index contributed by atoms with van der Waals surface area (Å²) >= 11 is 0. The lowest BCUT2D eigenvalue weighted by Gasteiger charge is -2.43. The third kappa shape index (κ3) is 1.40. The fraction of sp³-hybridized carbons (Fsp3) is 0.250. The lowest BCUT2D eigenvalue weighted by Crippen LogP contribution is -2.35. The van der Waals surface area contributed by atoms with Gasteiger partial charge in [0.05, 0.1) is 11.0 Å². The normalized spacial score (nSPS) is 25.9. The Bertz CT molecular complexity index is 725. The SMILES string of the molecule is O=[N+]([O-])c1ccc2c(c1)[C@H]1C[C@H](O)[C@@H]2c2ccccc21. The molecule has 2 aromatic rings. The second-order valence-electron chi connectivity index (χ2n) is 5.53. The maximum atomic E-state index is 11.0. The maximum absolute atomic E-state index is 11.0. The molecule has 0 aliphatic heterocycles. The summed E-state index contributed by atoms with van der Waals surface area (Å²) in [4.78, 5) is 10.6. The molecule has 0 unspecified atom stereocenters. The lowest BCUT2D eigenvalue weighted by atomic mass is 9.62. The number of fused-ring (bicyclic) bond motifs is 1. The van der Waals surface area contributed by atoms with E-state index in [9.17, 15) is 15.2 Å². The molecule has 0 aromatic heterocycles. The number of aliphatic hydroxyl groups excluding tert-OH is 1. The van der Waals surface area contributed by atoms with Gasteiger partial charge in [-0.2, -0.15) is 0 Å². The van der Waals surface area contributed by atoms with E-state index in [2.05, 4.69) is 12.1 Å². The van der Waals surface area contributed by atoms with Crippen molar-refractivity contribution < 1.29 is 10.0 Å². The van der Waals surface area contributed by atoms with Gasteiger partial charge in [0.25, 0.3) is 5.69 Å². The highest BCUT2D eigenvalue weighted by molar-refractivity contribution is 5.58. The monoisotopic (exact) mass is 267 g/mol. The average molecular weight is 267 g/mol. The zero-order valence-electron chi connectivity index (χ0n) is 10.7. The van der Waals surface area contributed by atoms with E-state index in [1.807, 2.05) is 18.2 Å². The molecular weight excluding hydrogens is 254 g/mol. The van der Waals surface area contributed by atoms with Gasteiger partial charge in [-0.25, -0.2) is 0 Å². The Hall–Kier alpha value is -2.20. The van der Waals surface area contributed by atoms with Crippen molar-refractivity contribution in [2.24, 2.45) is 0 Å². The second-order valence-corrected chi connectivity index (χ2v) is 5.53. The largest absolute Gasteiger partial charge is 0.392 e. The Kier molecular flexibility index (Phi) is 2.26. The van der Waals surface area contributed by atoms with Gasteiger partial charge < -0.3 is 5.11 Å². The summed E-state index contributed by atoms with van der Waals surface area (Å²) in [7, 11) is 0. The number of nitro benzene ring substituents is 1. The molecule has 0 amide bonds. The molecule has 0 radical (unpaired) electrons. The summed E-state index contributed by atoms with van der Waals surface area (Å²) in [6.07, 6.45) is 0.249. The van der Waals surface area contributed by atoms with Gasteiger partial charge in [-0.15, -0.1) is 0 Å². The van der Waals surface area contributed by atoms with Crippen LogP contribution >= 0.6 is 0 Å². The van der Waals surface area contributed by atoms with E-state index in [-0.39, 0.29) is 22.4 Å². The third-order valence-electron chi connectivity index (χ3n) is 4.56. The van der Waals surface area contributed by atoms with Crippen LogP contribution in [0, 0.1) is 10.1 Å². The maximum Gasteiger partial charge on any atom is 0.269 e. The molecule has 4 nitrogen and oxygen atoms in total. The van der Waals surface area contributed by atoms with E-state index in [0.29, 0.717) is 6.42 Å². The van der Waals surface area contributed by atoms with Crippen LogP contribution in [0.25, 0.3) is 0 Å². The summed E-state index contributed by atoms with van der Waals surface area (Å²) < 4.78 is 0. The summed E-state index contributed by atoms with van der Waals surface area (Å²) in [5.41, 5.74) is 4.54. The molecule has 0 heterocycles. The number of rotatable bonds is 1. The van der Waals surface area contributed by atoms with E-state index < -0.39 is 6.10 Å². The van der Waals surface area contributed by atoms with E-state index in [0.717, 1.165) is 16.7 Å². The van der Waals surface area contributed by atoms with E-state index >= 15 is 0 Å². The molecular formula is C16H13NO3. The van der Waals surface area contributed by atoms with Crippen molar-refractivity contribution in [3.05, 3.63) is 74.8 Å². The molecule has 0 saturated carbocycles. The predicted molar refractivity (Wildman–Crippen MR) is 73.8 cm³/mol. The fourth-order valence-corrected chi connectivity index (χ4v) is 3.75. The molecule has 100 valence electrons. The van der Waals surface area contributed by atoms with Crippen LogP contribution in [0.3, 0.4) is 0 Å².